The first-order valence-electron chi connectivity index (χ1n) is 5.21. The molecule has 0 aliphatic carbocycles. The van der Waals surface area contributed by atoms with Gasteiger partial charge in [-0.3, -0.25) is 9.78 Å². The minimum Gasteiger partial charge on any atom is -0.289 e. The van der Waals surface area contributed by atoms with Crippen molar-refractivity contribution < 1.29 is 4.79 Å². The second-order valence-corrected chi connectivity index (χ2v) is 4.00. The molecule has 2 heteroatoms. The van der Waals surface area contributed by atoms with Crippen LogP contribution >= 0.6 is 0 Å². The number of aromatic nitrogens is 1. The van der Waals surface area contributed by atoms with Crippen molar-refractivity contribution in [1.82, 2.24) is 4.98 Å². The summed E-state index contributed by atoms with van der Waals surface area (Å²) in [6.07, 6.45) is 3.40. The molecule has 2 nitrogen and oxygen atoms in total. The third-order valence-electron chi connectivity index (χ3n) is 2.31. The third kappa shape index (κ3) is 2.16. The molecule has 0 bridgehead atoms. The Balaban J connectivity index is 2.47. The molecule has 2 rings (SSSR count). The molecular weight excluding hydrogens is 198 g/mol. The Hall–Kier alpha value is -1.96. The van der Waals surface area contributed by atoms with Crippen LogP contribution in [0.15, 0.2) is 48.2 Å². The molecule has 0 atom stereocenters. The zero-order chi connectivity index (χ0) is 11.5. The summed E-state index contributed by atoms with van der Waals surface area (Å²) in [5.74, 6) is 0.0470. The summed E-state index contributed by atoms with van der Waals surface area (Å²) in [5.41, 5.74) is 2.63. The maximum atomic E-state index is 11.8. The van der Waals surface area contributed by atoms with E-state index in [-0.39, 0.29) is 5.78 Å². The van der Waals surface area contributed by atoms with Crippen molar-refractivity contribution >= 4 is 16.7 Å². The van der Waals surface area contributed by atoms with E-state index in [1.54, 1.807) is 12.3 Å². The molecule has 0 spiro atoms. The summed E-state index contributed by atoms with van der Waals surface area (Å²) < 4.78 is 0. The first-order chi connectivity index (χ1) is 7.66. The molecule has 0 aliphatic heterocycles. The normalized spacial score (nSPS) is 10.1. The fourth-order valence-electron chi connectivity index (χ4n) is 1.57. The molecule has 2 aromatic rings. The molecule has 1 heterocycles. The Kier molecular flexibility index (Phi) is 2.82. The van der Waals surface area contributed by atoms with Gasteiger partial charge < -0.3 is 0 Å². The van der Waals surface area contributed by atoms with Gasteiger partial charge in [0.2, 0.25) is 0 Å². The zero-order valence-corrected chi connectivity index (χ0v) is 9.40. The minimum atomic E-state index is 0.0470. The molecule has 0 amide bonds. The second kappa shape index (κ2) is 4.27. The highest BCUT2D eigenvalue weighted by atomic mass is 16.1. The van der Waals surface area contributed by atoms with Gasteiger partial charge in [0.25, 0.3) is 0 Å². The maximum absolute atomic E-state index is 11.8. The van der Waals surface area contributed by atoms with E-state index in [1.165, 1.54) is 0 Å². The van der Waals surface area contributed by atoms with Crippen LogP contribution in [0.2, 0.25) is 0 Å². The predicted octanol–water partition coefficient (Wildman–Crippen LogP) is 3.38. The Bertz CT molecular complexity index is 566. The number of carbonyl (C=O) groups is 1. The molecular formula is C14H13NO. The molecule has 0 saturated carbocycles. The quantitative estimate of drug-likeness (QED) is 0.563. The average Bonchev–Trinajstić information content (AvgIpc) is 2.27. The molecule has 1 aromatic heterocycles. The molecule has 0 fully saturated rings. The van der Waals surface area contributed by atoms with Crippen LogP contribution in [0.1, 0.15) is 24.2 Å². The first kappa shape index (κ1) is 10.6. The van der Waals surface area contributed by atoms with E-state index < -0.39 is 0 Å². The molecule has 0 N–H and O–H groups in total. The van der Waals surface area contributed by atoms with Gasteiger partial charge in [-0.1, -0.05) is 11.6 Å². The summed E-state index contributed by atoms with van der Waals surface area (Å²) in [4.78, 5) is 16.0. The van der Waals surface area contributed by atoms with Gasteiger partial charge >= 0.3 is 0 Å². The van der Waals surface area contributed by atoms with Crippen molar-refractivity contribution in [2.45, 2.75) is 13.8 Å². The van der Waals surface area contributed by atoms with Gasteiger partial charge in [0.1, 0.15) is 0 Å². The van der Waals surface area contributed by atoms with Crippen LogP contribution in [0.5, 0.6) is 0 Å². The number of rotatable bonds is 2. The number of benzene rings is 1. The summed E-state index contributed by atoms with van der Waals surface area (Å²) in [6.45, 7) is 3.83. The van der Waals surface area contributed by atoms with Crippen molar-refractivity contribution in [3.8, 4) is 0 Å². The third-order valence-corrected chi connectivity index (χ3v) is 2.31. The number of nitrogens with zero attached hydrogens (tertiary/aromatic N) is 1. The lowest BCUT2D eigenvalue weighted by atomic mass is 10.1. The molecule has 0 aliphatic rings. The van der Waals surface area contributed by atoms with Crippen LogP contribution < -0.4 is 0 Å². The molecule has 0 radical (unpaired) electrons. The molecule has 1 aromatic carbocycles. The molecule has 0 unspecified atom stereocenters. The van der Waals surface area contributed by atoms with Gasteiger partial charge in [0, 0.05) is 17.1 Å². The van der Waals surface area contributed by atoms with E-state index in [2.05, 4.69) is 4.98 Å². The number of hydrogen-bond acceptors (Lipinski definition) is 2. The smallest absolute Gasteiger partial charge is 0.185 e. The standard InChI is InChI=1S/C14H13NO/c1-10(2)8-14(16)12-5-6-13-11(9-12)4-3-7-15-13/h3-9H,1-2H3. The fraction of sp³-hybridized carbons (Fsp3) is 0.143. The zero-order valence-electron chi connectivity index (χ0n) is 9.40. The minimum absolute atomic E-state index is 0.0470. The highest BCUT2D eigenvalue weighted by molar-refractivity contribution is 6.06. The van der Waals surface area contributed by atoms with Gasteiger partial charge in [0.05, 0.1) is 5.52 Å². The summed E-state index contributed by atoms with van der Waals surface area (Å²) in [5, 5.41) is 0.996. The lowest BCUT2D eigenvalue weighted by Crippen LogP contribution is -1.95. The second-order valence-electron chi connectivity index (χ2n) is 4.00. The topological polar surface area (TPSA) is 30.0 Å². The van der Waals surface area contributed by atoms with Crippen LogP contribution in [-0.2, 0) is 0 Å². The van der Waals surface area contributed by atoms with Crippen LogP contribution in [0.4, 0.5) is 0 Å². The van der Waals surface area contributed by atoms with Crippen LogP contribution in [0, 0.1) is 0 Å². The van der Waals surface area contributed by atoms with Gasteiger partial charge in [-0.05, 0) is 44.2 Å². The first-order valence-corrected chi connectivity index (χ1v) is 5.21. The van der Waals surface area contributed by atoms with Crippen molar-refractivity contribution in [2.24, 2.45) is 0 Å². The van der Waals surface area contributed by atoms with E-state index in [0.29, 0.717) is 5.56 Å². The van der Waals surface area contributed by atoms with Crippen molar-refractivity contribution in [1.29, 1.82) is 0 Å². The monoisotopic (exact) mass is 211 g/mol. The van der Waals surface area contributed by atoms with E-state index in [1.807, 2.05) is 44.2 Å². The van der Waals surface area contributed by atoms with Crippen molar-refractivity contribution in [3.63, 3.8) is 0 Å². The Morgan fingerprint density at radius 2 is 2.06 bits per heavy atom. The van der Waals surface area contributed by atoms with E-state index in [0.717, 1.165) is 16.5 Å². The Morgan fingerprint density at radius 3 is 2.81 bits per heavy atom. The van der Waals surface area contributed by atoms with Crippen molar-refractivity contribution in [3.05, 3.63) is 53.7 Å². The summed E-state index contributed by atoms with van der Waals surface area (Å²) in [7, 11) is 0. The Labute approximate surface area is 94.6 Å². The van der Waals surface area contributed by atoms with E-state index in [4.69, 9.17) is 0 Å². The van der Waals surface area contributed by atoms with Gasteiger partial charge in [-0.15, -0.1) is 0 Å². The number of allylic oxidation sites excluding steroid dienone is 2. The average molecular weight is 211 g/mol. The number of ketones is 1. The van der Waals surface area contributed by atoms with Crippen LogP contribution in [0.3, 0.4) is 0 Å². The molecule has 0 saturated heterocycles. The molecule has 16 heavy (non-hydrogen) atoms. The van der Waals surface area contributed by atoms with E-state index >= 15 is 0 Å². The largest absolute Gasteiger partial charge is 0.289 e. The van der Waals surface area contributed by atoms with Crippen LogP contribution in [0.25, 0.3) is 10.9 Å². The SMILES string of the molecule is CC(C)=CC(=O)c1ccc2ncccc2c1. The van der Waals surface area contributed by atoms with Gasteiger partial charge in [-0.2, -0.15) is 0 Å². The molecule has 80 valence electrons. The number of pyridine rings is 1. The predicted molar refractivity (Wildman–Crippen MR) is 65.5 cm³/mol. The lowest BCUT2D eigenvalue weighted by molar-refractivity contribution is 0.104. The highest BCUT2D eigenvalue weighted by Crippen LogP contribution is 2.14. The highest BCUT2D eigenvalue weighted by Gasteiger charge is 2.03. The summed E-state index contributed by atoms with van der Waals surface area (Å²) in [6, 6.07) is 9.40. The van der Waals surface area contributed by atoms with Crippen molar-refractivity contribution in [2.75, 3.05) is 0 Å². The van der Waals surface area contributed by atoms with Gasteiger partial charge in [-0.25, -0.2) is 0 Å². The summed E-state index contributed by atoms with van der Waals surface area (Å²) >= 11 is 0. The number of hydrogen-bond donors (Lipinski definition) is 0. The van der Waals surface area contributed by atoms with E-state index in [9.17, 15) is 4.79 Å². The van der Waals surface area contributed by atoms with Crippen LogP contribution in [-0.4, -0.2) is 10.8 Å². The number of carbonyl (C=O) groups excluding carboxylic acids is 1. The number of fused-ring (bicyclic) bond motifs is 1. The fourth-order valence-corrected chi connectivity index (χ4v) is 1.57. The Morgan fingerprint density at radius 1 is 1.25 bits per heavy atom. The van der Waals surface area contributed by atoms with Gasteiger partial charge in [0.15, 0.2) is 5.78 Å². The maximum Gasteiger partial charge on any atom is 0.185 e. The lowest BCUT2D eigenvalue weighted by Gasteiger charge is -2.00.